The second-order valence-corrected chi connectivity index (χ2v) is 6.78. The number of carbonyl (C=O) groups excluding carboxylic acids is 1. The van der Waals surface area contributed by atoms with Crippen LogP contribution < -0.4 is 5.32 Å². The standard InChI is InChI=1S/C15H18N8OS/c1-10-4-3-5-13(8-10)23-15(19-21-22-23)25-11(2)14(24)16-7-6-12-9-17-20-18-12/h3-5,8-9,11H,6-7H2,1-2H3,(H,16,24)(H,17,18,20)/t11-/m0/s1. The highest BCUT2D eigenvalue weighted by Crippen LogP contribution is 2.23. The average Bonchev–Trinajstić information content (AvgIpc) is 3.26. The van der Waals surface area contributed by atoms with E-state index in [-0.39, 0.29) is 11.2 Å². The quantitative estimate of drug-likeness (QED) is 0.604. The van der Waals surface area contributed by atoms with Crippen molar-refractivity contribution in [3.63, 3.8) is 0 Å². The first kappa shape index (κ1) is 17.1. The minimum absolute atomic E-state index is 0.0766. The molecule has 2 N–H and O–H groups in total. The fraction of sp³-hybridized carbons (Fsp3) is 0.333. The second kappa shape index (κ2) is 7.88. The van der Waals surface area contributed by atoms with Crippen LogP contribution in [0.3, 0.4) is 0 Å². The normalized spacial score (nSPS) is 12.1. The molecular weight excluding hydrogens is 340 g/mol. The molecule has 0 bridgehead atoms. The van der Waals surface area contributed by atoms with Gasteiger partial charge in [-0.05, 0) is 42.0 Å². The van der Waals surface area contributed by atoms with E-state index in [4.69, 9.17) is 0 Å². The van der Waals surface area contributed by atoms with Gasteiger partial charge in [-0.2, -0.15) is 20.1 Å². The summed E-state index contributed by atoms with van der Waals surface area (Å²) in [4.78, 5) is 12.2. The van der Waals surface area contributed by atoms with Gasteiger partial charge in [0.05, 0.1) is 22.8 Å². The Bertz CT molecular complexity index is 832. The van der Waals surface area contributed by atoms with E-state index in [0.29, 0.717) is 18.1 Å². The molecule has 0 fully saturated rings. The van der Waals surface area contributed by atoms with E-state index in [1.165, 1.54) is 11.8 Å². The van der Waals surface area contributed by atoms with Gasteiger partial charge < -0.3 is 5.32 Å². The van der Waals surface area contributed by atoms with E-state index in [9.17, 15) is 4.79 Å². The first-order chi connectivity index (χ1) is 12.1. The van der Waals surface area contributed by atoms with Gasteiger partial charge in [0.1, 0.15) is 0 Å². The Kier molecular flexibility index (Phi) is 5.39. The summed E-state index contributed by atoms with van der Waals surface area (Å²) in [6.45, 7) is 4.33. The smallest absolute Gasteiger partial charge is 0.233 e. The molecule has 0 saturated heterocycles. The minimum Gasteiger partial charge on any atom is -0.355 e. The molecule has 1 atom stereocenters. The lowest BCUT2D eigenvalue weighted by Gasteiger charge is -2.11. The number of carbonyl (C=O) groups is 1. The van der Waals surface area contributed by atoms with Crippen molar-refractivity contribution in [3.05, 3.63) is 41.7 Å². The molecule has 3 aromatic rings. The highest BCUT2D eigenvalue weighted by atomic mass is 32.2. The van der Waals surface area contributed by atoms with Crippen molar-refractivity contribution in [3.8, 4) is 5.69 Å². The summed E-state index contributed by atoms with van der Waals surface area (Å²) in [6, 6.07) is 7.87. The third-order valence-electron chi connectivity index (χ3n) is 3.48. The van der Waals surface area contributed by atoms with Gasteiger partial charge in [-0.3, -0.25) is 4.79 Å². The zero-order chi connectivity index (χ0) is 17.6. The monoisotopic (exact) mass is 358 g/mol. The number of H-pyrrole nitrogens is 1. The van der Waals surface area contributed by atoms with Gasteiger partial charge in [-0.25, -0.2) is 0 Å². The molecule has 0 aliphatic heterocycles. The highest BCUT2D eigenvalue weighted by Gasteiger charge is 2.19. The van der Waals surface area contributed by atoms with E-state index in [1.807, 2.05) is 38.1 Å². The summed E-state index contributed by atoms with van der Waals surface area (Å²) in [6.07, 6.45) is 2.26. The maximum absolute atomic E-state index is 12.2. The van der Waals surface area contributed by atoms with Gasteiger partial charge in [0.25, 0.3) is 0 Å². The Morgan fingerprint density at radius 1 is 1.44 bits per heavy atom. The first-order valence-electron chi connectivity index (χ1n) is 7.78. The number of aromatic nitrogens is 7. The lowest BCUT2D eigenvalue weighted by atomic mass is 10.2. The molecule has 130 valence electrons. The number of aromatic amines is 1. The van der Waals surface area contributed by atoms with Crippen LogP contribution in [-0.4, -0.2) is 53.3 Å². The summed E-state index contributed by atoms with van der Waals surface area (Å²) in [5, 5.41) is 25.1. The zero-order valence-electron chi connectivity index (χ0n) is 13.9. The largest absolute Gasteiger partial charge is 0.355 e. The lowest BCUT2D eigenvalue weighted by molar-refractivity contribution is -0.120. The average molecular weight is 358 g/mol. The molecule has 0 unspecified atom stereocenters. The van der Waals surface area contributed by atoms with Crippen molar-refractivity contribution in [1.82, 2.24) is 40.9 Å². The van der Waals surface area contributed by atoms with Crippen molar-refractivity contribution in [2.45, 2.75) is 30.7 Å². The van der Waals surface area contributed by atoms with Crippen LogP contribution in [0.1, 0.15) is 18.2 Å². The Hall–Kier alpha value is -2.75. The fourth-order valence-corrected chi connectivity index (χ4v) is 3.02. The second-order valence-electron chi connectivity index (χ2n) is 5.47. The van der Waals surface area contributed by atoms with Crippen molar-refractivity contribution in [2.75, 3.05) is 6.54 Å². The van der Waals surface area contributed by atoms with Gasteiger partial charge in [0.15, 0.2) is 0 Å². The molecule has 10 heteroatoms. The number of thioether (sulfide) groups is 1. The molecule has 25 heavy (non-hydrogen) atoms. The zero-order valence-corrected chi connectivity index (χ0v) is 14.7. The van der Waals surface area contributed by atoms with E-state index in [2.05, 4.69) is 36.3 Å². The van der Waals surface area contributed by atoms with Crippen molar-refractivity contribution >= 4 is 17.7 Å². The van der Waals surface area contributed by atoms with Crippen LogP contribution in [0.4, 0.5) is 0 Å². The molecular formula is C15H18N8OS. The van der Waals surface area contributed by atoms with Gasteiger partial charge in [-0.1, -0.05) is 23.9 Å². The van der Waals surface area contributed by atoms with E-state index < -0.39 is 0 Å². The number of tetrazole rings is 1. The Labute approximate surface area is 148 Å². The van der Waals surface area contributed by atoms with Crippen molar-refractivity contribution < 1.29 is 4.79 Å². The maximum Gasteiger partial charge on any atom is 0.233 e. The molecule has 0 saturated carbocycles. The molecule has 2 heterocycles. The molecule has 0 spiro atoms. The molecule has 0 radical (unpaired) electrons. The van der Waals surface area contributed by atoms with Crippen LogP contribution in [0.15, 0.2) is 35.6 Å². The first-order valence-corrected chi connectivity index (χ1v) is 8.66. The number of rotatable bonds is 7. The molecule has 2 aromatic heterocycles. The maximum atomic E-state index is 12.2. The Morgan fingerprint density at radius 3 is 3.08 bits per heavy atom. The highest BCUT2D eigenvalue weighted by molar-refractivity contribution is 8.00. The summed E-state index contributed by atoms with van der Waals surface area (Å²) in [7, 11) is 0. The van der Waals surface area contributed by atoms with E-state index in [0.717, 1.165) is 16.9 Å². The van der Waals surface area contributed by atoms with Crippen LogP contribution in [-0.2, 0) is 11.2 Å². The molecule has 9 nitrogen and oxygen atoms in total. The van der Waals surface area contributed by atoms with Crippen LogP contribution in [0.5, 0.6) is 0 Å². The summed E-state index contributed by atoms with van der Waals surface area (Å²) >= 11 is 1.31. The number of nitrogens with zero attached hydrogens (tertiary/aromatic N) is 6. The van der Waals surface area contributed by atoms with Crippen LogP contribution in [0, 0.1) is 6.92 Å². The fourth-order valence-electron chi connectivity index (χ4n) is 2.19. The van der Waals surface area contributed by atoms with Crippen molar-refractivity contribution in [1.29, 1.82) is 0 Å². The minimum atomic E-state index is -0.327. The lowest BCUT2D eigenvalue weighted by Crippen LogP contribution is -2.32. The van der Waals surface area contributed by atoms with E-state index >= 15 is 0 Å². The summed E-state index contributed by atoms with van der Waals surface area (Å²) < 4.78 is 1.64. The number of nitrogens with one attached hydrogen (secondary N) is 2. The predicted molar refractivity (Wildman–Crippen MR) is 92.3 cm³/mol. The van der Waals surface area contributed by atoms with E-state index in [1.54, 1.807) is 10.9 Å². The molecule has 1 amide bonds. The molecule has 0 aliphatic rings. The third kappa shape index (κ3) is 4.41. The SMILES string of the molecule is Cc1cccc(-n2nnnc2S[C@@H](C)C(=O)NCCc2cn[nH]n2)c1. The molecule has 0 aliphatic carbocycles. The Morgan fingerprint density at radius 2 is 2.32 bits per heavy atom. The van der Waals surface area contributed by atoms with Gasteiger partial charge in [0.2, 0.25) is 11.1 Å². The molecule has 1 aromatic carbocycles. The Balaban J connectivity index is 1.58. The molecule has 3 rings (SSSR count). The number of amides is 1. The van der Waals surface area contributed by atoms with Crippen LogP contribution in [0.25, 0.3) is 5.69 Å². The van der Waals surface area contributed by atoms with Crippen LogP contribution >= 0.6 is 11.8 Å². The van der Waals surface area contributed by atoms with Gasteiger partial charge >= 0.3 is 0 Å². The third-order valence-corrected chi connectivity index (χ3v) is 4.52. The van der Waals surface area contributed by atoms with Crippen LogP contribution in [0.2, 0.25) is 0 Å². The summed E-state index contributed by atoms with van der Waals surface area (Å²) in [5.74, 6) is -0.0766. The predicted octanol–water partition coefficient (Wildman–Crippen LogP) is 0.928. The number of benzene rings is 1. The number of aryl methyl sites for hydroxylation is 1. The van der Waals surface area contributed by atoms with Gasteiger partial charge in [-0.15, -0.1) is 5.10 Å². The number of hydrogen-bond donors (Lipinski definition) is 2. The number of hydrogen-bond acceptors (Lipinski definition) is 7. The van der Waals surface area contributed by atoms with Gasteiger partial charge in [0, 0.05) is 13.0 Å². The topological polar surface area (TPSA) is 114 Å². The van der Waals surface area contributed by atoms with Crippen molar-refractivity contribution in [2.24, 2.45) is 0 Å². The summed E-state index contributed by atoms with van der Waals surface area (Å²) in [5.41, 5.74) is 2.79.